The first-order chi connectivity index (χ1) is 9.10. The molecule has 0 saturated heterocycles. The molecule has 0 unspecified atom stereocenters. The number of hydrogen-bond acceptors (Lipinski definition) is 4. The number of thioether (sulfide) groups is 1. The van der Waals surface area contributed by atoms with Gasteiger partial charge in [-0.25, -0.2) is 9.97 Å². The predicted octanol–water partition coefficient (Wildman–Crippen LogP) is 4.38. The van der Waals surface area contributed by atoms with Crippen LogP contribution in [-0.2, 0) is 5.75 Å². The summed E-state index contributed by atoms with van der Waals surface area (Å²) in [5.41, 5.74) is 1.01. The van der Waals surface area contributed by atoms with Crippen molar-refractivity contribution in [2.45, 2.75) is 17.6 Å². The van der Waals surface area contributed by atoms with Gasteiger partial charge < -0.3 is 5.32 Å². The number of anilines is 1. The lowest BCUT2D eigenvalue weighted by Crippen LogP contribution is -2.04. The third kappa shape index (κ3) is 3.97. The Morgan fingerprint density at radius 1 is 1.26 bits per heavy atom. The molecule has 2 aromatic rings. The fraction of sp³-hybridized carbons (Fsp3) is 0.231. The molecule has 1 N–H and O–H groups in total. The van der Waals surface area contributed by atoms with Gasteiger partial charge in [-0.3, -0.25) is 0 Å². The molecule has 100 valence electrons. The van der Waals surface area contributed by atoms with E-state index in [4.69, 9.17) is 11.6 Å². The molecule has 0 bridgehead atoms. The molecule has 0 fully saturated rings. The lowest BCUT2D eigenvalue weighted by Gasteiger charge is -2.08. The molecular formula is C13H13ClIN3S. The van der Waals surface area contributed by atoms with E-state index >= 15 is 0 Å². The highest BCUT2D eigenvalue weighted by molar-refractivity contribution is 14.1. The molecule has 2 rings (SSSR count). The minimum atomic E-state index is 0.744. The van der Waals surface area contributed by atoms with E-state index in [0.29, 0.717) is 0 Å². The van der Waals surface area contributed by atoms with Gasteiger partial charge in [-0.15, -0.1) is 11.8 Å². The van der Waals surface area contributed by atoms with Gasteiger partial charge in [0.1, 0.15) is 11.6 Å². The average molecular weight is 406 g/mol. The van der Waals surface area contributed by atoms with Gasteiger partial charge in [-0.1, -0.05) is 11.6 Å². The first-order valence-electron chi connectivity index (χ1n) is 5.69. The SMILES string of the molecule is CNc1nc(CSc2ccc(Cl)cc2)nc(C)c1I. The molecule has 0 atom stereocenters. The maximum atomic E-state index is 5.86. The van der Waals surface area contributed by atoms with Crippen LogP contribution in [0.15, 0.2) is 29.2 Å². The maximum Gasteiger partial charge on any atom is 0.143 e. The van der Waals surface area contributed by atoms with Crippen LogP contribution in [0, 0.1) is 10.5 Å². The minimum absolute atomic E-state index is 0.744. The summed E-state index contributed by atoms with van der Waals surface area (Å²) in [5, 5.41) is 3.85. The Morgan fingerprint density at radius 3 is 2.58 bits per heavy atom. The van der Waals surface area contributed by atoms with Crippen molar-refractivity contribution in [1.82, 2.24) is 9.97 Å². The van der Waals surface area contributed by atoms with Crippen LogP contribution in [0.3, 0.4) is 0 Å². The van der Waals surface area contributed by atoms with Crippen molar-refractivity contribution in [3.63, 3.8) is 0 Å². The van der Waals surface area contributed by atoms with Gasteiger partial charge in [0, 0.05) is 17.0 Å². The fourth-order valence-electron chi connectivity index (χ4n) is 1.53. The Kier molecular flexibility index (Phi) is 5.29. The summed E-state index contributed by atoms with van der Waals surface area (Å²) in [6, 6.07) is 7.79. The van der Waals surface area contributed by atoms with E-state index in [1.165, 1.54) is 0 Å². The van der Waals surface area contributed by atoms with Crippen LogP contribution in [-0.4, -0.2) is 17.0 Å². The molecule has 19 heavy (non-hydrogen) atoms. The van der Waals surface area contributed by atoms with E-state index < -0.39 is 0 Å². The zero-order valence-electron chi connectivity index (χ0n) is 10.6. The summed E-state index contributed by atoms with van der Waals surface area (Å²) < 4.78 is 1.07. The van der Waals surface area contributed by atoms with Crippen LogP contribution in [0.1, 0.15) is 11.5 Å². The second-order valence-electron chi connectivity index (χ2n) is 3.88. The van der Waals surface area contributed by atoms with Crippen molar-refractivity contribution in [3.8, 4) is 0 Å². The highest BCUT2D eigenvalue weighted by Crippen LogP contribution is 2.25. The molecule has 1 aromatic carbocycles. The van der Waals surface area contributed by atoms with Gasteiger partial charge in [0.15, 0.2) is 0 Å². The van der Waals surface area contributed by atoms with Crippen LogP contribution < -0.4 is 5.32 Å². The Hall–Kier alpha value is -0.530. The Labute approximate surface area is 135 Å². The van der Waals surface area contributed by atoms with Gasteiger partial charge in [-0.2, -0.15) is 0 Å². The van der Waals surface area contributed by atoms with E-state index in [1.807, 2.05) is 38.2 Å². The maximum absolute atomic E-state index is 5.86. The first kappa shape index (κ1) is 14.9. The zero-order chi connectivity index (χ0) is 13.8. The molecule has 0 aliphatic heterocycles. The van der Waals surface area contributed by atoms with E-state index in [-0.39, 0.29) is 0 Å². The number of benzene rings is 1. The van der Waals surface area contributed by atoms with E-state index in [1.54, 1.807) is 11.8 Å². The molecule has 6 heteroatoms. The number of aryl methyl sites for hydroxylation is 1. The molecular weight excluding hydrogens is 393 g/mol. The molecule has 0 spiro atoms. The smallest absolute Gasteiger partial charge is 0.143 e. The van der Waals surface area contributed by atoms with Gasteiger partial charge in [0.2, 0.25) is 0 Å². The zero-order valence-corrected chi connectivity index (χ0v) is 14.3. The van der Waals surface area contributed by atoms with Crippen molar-refractivity contribution < 1.29 is 0 Å². The van der Waals surface area contributed by atoms with Gasteiger partial charge in [-0.05, 0) is 53.8 Å². The quantitative estimate of drug-likeness (QED) is 0.605. The Bertz CT molecular complexity index is 575. The normalized spacial score (nSPS) is 10.5. The summed E-state index contributed by atoms with van der Waals surface area (Å²) >= 11 is 9.82. The predicted molar refractivity (Wildman–Crippen MR) is 90.0 cm³/mol. The highest BCUT2D eigenvalue weighted by Gasteiger charge is 2.08. The highest BCUT2D eigenvalue weighted by atomic mass is 127. The number of nitrogens with zero attached hydrogens (tertiary/aromatic N) is 2. The topological polar surface area (TPSA) is 37.8 Å². The van der Waals surface area contributed by atoms with Gasteiger partial charge in [0.25, 0.3) is 0 Å². The van der Waals surface area contributed by atoms with Crippen LogP contribution in [0.5, 0.6) is 0 Å². The lowest BCUT2D eigenvalue weighted by atomic mass is 10.4. The molecule has 1 aromatic heterocycles. The number of nitrogens with one attached hydrogen (secondary N) is 1. The van der Waals surface area contributed by atoms with Crippen molar-refractivity contribution in [2.24, 2.45) is 0 Å². The molecule has 0 radical (unpaired) electrons. The molecule has 0 aliphatic carbocycles. The monoisotopic (exact) mass is 405 g/mol. The number of halogens is 2. The van der Waals surface area contributed by atoms with Crippen LogP contribution in [0.4, 0.5) is 5.82 Å². The summed E-state index contributed by atoms with van der Waals surface area (Å²) in [7, 11) is 1.88. The third-order valence-electron chi connectivity index (χ3n) is 2.48. The summed E-state index contributed by atoms with van der Waals surface area (Å²) in [6.45, 7) is 2.00. The van der Waals surface area contributed by atoms with Gasteiger partial charge in [0.05, 0.1) is 15.0 Å². The van der Waals surface area contributed by atoms with Crippen molar-refractivity contribution in [2.75, 3.05) is 12.4 Å². The number of rotatable bonds is 4. The lowest BCUT2D eigenvalue weighted by molar-refractivity contribution is 0.984. The molecule has 3 nitrogen and oxygen atoms in total. The Balaban J connectivity index is 2.11. The molecule has 1 heterocycles. The van der Waals surface area contributed by atoms with E-state index in [2.05, 4.69) is 37.9 Å². The Morgan fingerprint density at radius 2 is 1.95 bits per heavy atom. The molecule has 0 aliphatic rings. The molecule has 0 saturated carbocycles. The summed E-state index contributed by atoms with van der Waals surface area (Å²) in [6.07, 6.45) is 0. The van der Waals surface area contributed by atoms with E-state index in [0.717, 1.165) is 36.6 Å². The van der Waals surface area contributed by atoms with Crippen LogP contribution >= 0.6 is 46.0 Å². The molecule has 0 amide bonds. The first-order valence-corrected chi connectivity index (χ1v) is 8.13. The van der Waals surface area contributed by atoms with E-state index in [9.17, 15) is 0 Å². The second kappa shape index (κ2) is 6.76. The fourth-order valence-corrected chi connectivity index (χ4v) is 2.92. The van der Waals surface area contributed by atoms with Crippen molar-refractivity contribution >= 4 is 51.8 Å². The third-order valence-corrected chi connectivity index (χ3v) is 5.03. The number of aromatic nitrogens is 2. The number of hydrogen-bond donors (Lipinski definition) is 1. The average Bonchev–Trinajstić information content (AvgIpc) is 2.41. The van der Waals surface area contributed by atoms with Crippen molar-refractivity contribution in [1.29, 1.82) is 0 Å². The van der Waals surface area contributed by atoms with Crippen molar-refractivity contribution in [3.05, 3.63) is 44.4 Å². The largest absolute Gasteiger partial charge is 0.372 e. The summed E-state index contributed by atoms with van der Waals surface area (Å²) in [5.74, 6) is 2.47. The van der Waals surface area contributed by atoms with Crippen LogP contribution in [0.25, 0.3) is 0 Å². The summed E-state index contributed by atoms with van der Waals surface area (Å²) in [4.78, 5) is 10.2. The minimum Gasteiger partial charge on any atom is -0.372 e. The van der Waals surface area contributed by atoms with Crippen LogP contribution in [0.2, 0.25) is 5.02 Å². The van der Waals surface area contributed by atoms with Gasteiger partial charge >= 0.3 is 0 Å². The second-order valence-corrected chi connectivity index (χ2v) is 6.44. The standard InChI is InChI=1S/C13H13ClIN3S/c1-8-12(15)13(16-2)18-11(17-8)7-19-10-5-3-9(14)4-6-10/h3-6H,7H2,1-2H3,(H,16,17,18).